The van der Waals surface area contributed by atoms with Crippen molar-refractivity contribution in [3.63, 3.8) is 0 Å². The Morgan fingerprint density at radius 2 is 1.95 bits per heavy atom. The fraction of sp³-hybridized carbons (Fsp3) is 0.438. The largest absolute Gasteiger partial charge is 0.473 e. The Balaban J connectivity index is 1.30. The van der Waals surface area contributed by atoms with Crippen LogP contribution in [0.15, 0.2) is 36.8 Å². The lowest BCUT2D eigenvalue weighted by molar-refractivity contribution is 0.163. The van der Waals surface area contributed by atoms with E-state index < -0.39 is 0 Å². The van der Waals surface area contributed by atoms with Gasteiger partial charge < -0.3 is 15.4 Å². The van der Waals surface area contributed by atoms with E-state index in [-0.39, 0.29) is 6.10 Å². The van der Waals surface area contributed by atoms with Crippen LogP contribution >= 0.6 is 0 Å². The standard InChI is InChI=1S/C16H21N5O/c1-4-13-5-6-14(22-15(13)18-8-1)12-17-7-2-9-19-16-20-10-3-11-21-16/h1,3-4,8,10-11,14,17H,2,5-7,9,12H2,(H,19,20,21). The Labute approximate surface area is 130 Å². The molecule has 22 heavy (non-hydrogen) atoms. The van der Waals surface area contributed by atoms with Gasteiger partial charge >= 0.3 is 0 Å². The number of nitrogens with one attached hydrogen (secondary N) is 2. The van der Waals surface area contributed by atoms with Gasteiger partial charge in [0.2, 0.25) is 11.8 Å². The molecule has 0 saturated carbocycles. The van der Waals surface area contributed by atoms with Crippen molar-refractivity contribution in [2.75, 3.05) is 25.0 Å². The van der Waals surface area contributed by atoms with Crippen LogP contribution in [0.4, 0.5) is 5.95 Å². The molecule has 6 heteroatoms. The molecule has 3 heterocycles. The van der Waals surface area contributed by atoms with Gasteiger partial charge in [-0.25, -0.2) is 15.0 Å². The minimum absolute atomic E-state index is 0.216. The van der Waals surface area contributed by atoms with Gasteiger partial charge in [0.15, 0.2) is 0 Å². The number of hydrogen-bond acceptors (Lipinski definition) is 6. The van der Waals surface area contributed by atoms with E-state index in [1.165, 1.54) is 5.56 Å². The van der Waals surface area contributed by atoms with Crippen molar-refractivity contribution in [3.8, 4) is 5.88 Å². The van der Waals surface area contributed by atoms with Crippen LogP contribution in [0, 0.1) is 0 Å². The highest BCUT2D eigenvalue weighted by molar-refractivity contribution is 5.27. The summed E-state index contributed by atoms with van der Waals surface area (Å²) in [6.45, 7) is 2.65. The first-order chi connectivity index (χ1) is 10.9. The van der Waals surface area contributed by atoms with E-state index in [1.807, 2.05) is 12.1 Å². The molecule has 6 nitrogen and oxygen atoms in total. The van der Waals surface area contributed by atoms with Crippen molar-refractivity contribution in [1.29, 1.82) is 0 Å². The fourth-order valence-electron chi connectivity index (χ4n) is 2.46. The molecule has 1 aliphatic rings. The summed E-state index contributed by atoms with van der Waals surface area (Å²) in [5, 5.41) is 6.63. The highest BCUT2D eigenvalue weighted by atomic mass is 16.5. The quantitative estimate of drug-likeness (QED) is 0.758. The maximum absolute atomic E-state index is 5.90. The maximum atomic E-state index is 5.90. The molecule has 0 aliphatic carbocycles. The number of rotatable bonds is 7. The van der Waals surface area contributed by atoms with E-state index in [0.717, 1.165) is 44.8 Å². The van der Waals surface area contributed by atoms with Gasteiger partial charge in [-0.15, -0.1) is 0 Å². The monoisotopic (exact) mass is 299 g/mol. The van der Waals surface area contributed by atoms with Gasteiger partial charge in [0.25, 0.3) is 0 Å². The lowest BCUT2D eigenvalue weighted by atomic mass is 10.1. The van der Waals surface area contributed by atoms with Crippen molar-refractivity contribution < 1.29 is 4.74 Å². The number of pyridine rings is 1. The summed E-state index contributed by atoms with van der Waals surface area (Å²) in [7, 11) is 0. The normalized spacial score (nSPS) is 16.6. The van der Waals surface area contributed by atoms with Crippen LogP contribution in [-0.2, 0) is 6.42 Å². The Morgan fingerprint density at radius 1 is 1.09 bits per heavy atom. The zero-order chi connectivity index (χ0) is 15.0. The van der Waals surface area contributed by atoms with Gasteiger partial charge in [0.1, 0.15) is 6.10 Å². The van der Waals surface area contributed by atoms with Crippen LogP contribution in [0.5, 0.6) is 5.88 Å². The predicted octanol–water partition coefficient (Wildman–Crippen LogP) is 1.66. The Kier molecular flexibility index (Phi) is 5.15. The number of hydrogen-bond donors (Lipinski definition) is 2. The minimum Gasteiger partial charge on any atom is -0.473 e. The van der Waals surface area contributed by atoms with E-state index in [0.29, 0.717) is 5.95 Å². The molecule has 0 bridgehead atoms. The van der Waals surface area contributed by atoms with E-state index in [2.05, 4.69) is 31.7 Å². The van der Waals surface area contributed by atoms with Crippen LogP contribution < -0.4 is 15.4 Å². The van der Waals surface area contributed by atoms with E-state index >= 15 is 0 Å². The first-order valence-electron chi connectivity index (χ1n) is 7.74. The molecule has 0 aromatic carbocycles. The van der Waals surface area contributed by atoms with Crippen LogP contribution in [0.3, 0.4) is 0 Å². The van der Waals surface area contributed by atoms with Crippen molar-refractivity contribution in [1.82, 2.24) is 20.3 Å². The molecule has 0 spiro atoms. The van der Waals surface area contributed by atoms with Gasteiger partial charge in [-0.3, -0.25) is 0 Å². The zero-order valence-electron chi connectivity index (χ0n) is 12.5. The molecular formula is C16H21N5O. The number of ether oxygens (including phenoxy) is 1. The maximum Gasteiger partial charge on any atom is 0.222 e. The molecular weight excluding hydrogens is 278 g/mol. The number of aryl methyl sites for hydroxylation is 1. The lowest BCUT2D eigenvalue weighted by Crippen LogP contribution is -2.35. The Morgan fingerprint density at radius 3 is 2.86 bits per heavy atom. The van der Waals surface area contributed by atoms with Gasteiger partial charge in [-0.05, 0) is 37.9 Å². The van der Waals surface area contributed by atoms with Crippen molar-refractivity contribution >= 4 is 5.95 Å². The first-order valence-corrected chi connectivity index (χ1v) is 7.74. The van der Waals surface area contributed by atoms with E-state index in [4.69, 9.17) is 4.74 Å². The summed E-state index contributed by atoms with van der Waals surface area (Å²) in [5.41, 5.74) is 1.21. The average Bonchev–Trinajstić information content (AvgIpc) is 2.59. The molecule has 0 amide bonds. The molecule has 3 rings (SSSR count). The Bertz CT molecular complexity index is 578. The van der Waals surface area contributed by atoms with Crippen molar-refractivity contribution in [2.45, 2.75) is 25.4 Å². The smallest absolute Gasteiger partial charge is 0.222 e. The van der Waals surface area contributed by atoms with Crippen LogP contribution in [0.25, 0.3) is 0 Å². The second-order valence-corrected chi connectivity index (χ2v) is 5.30. The van der Waals surface area contributed by atoms with Gasteiger partial charge in [-0.1, -0.05) is 6.07 Å². The number of aromatic nitrogens is 3. The molecule has 0 radical (unpaired) electrons. The summed E-state index contributed by atoms with van der Waals surface area (Å²) in [5.74, 6) is 1.48. The van der Waals surface area contributed by atoms with Crippen molar-refractivity contribution in [3.05, 3.63) is 42.4 Å². The number of anilines is 1. The molecule has 2 N–H and O–H groups in total. The summed E-state index contributed by atoms with van der Waals surface area (Å²) >= 11 is 0. The van der Waals surface area contributed by atoms with Gasteiger partial charge in [0, 0.05) is 37.2 Å². The molecule has 2 aromatic heterocycles. The Hall–Kier alpha value is -2.21. The van der Waals surface area contributed by atoms with Crippen LogP contribution in [-0.4, -0.2) is 40.7 Å². The third-order valence-electron chi connectivity index (χ3n) is 3.62. The number of fused-ring (bicyclic) bond motifs is 1. The van der Waals surface area contributed by atoms with Gasteiger partial charge in [-0.2, -0.15) is 0 Å². The summed E-state index contributed by atoms with van der Waals surface area (Å²) in [6, 6.07) is 5.86. The van der Waals surface area contributed by atoms with Crippen molar-refractivity contribution in [2.24, 2.45) is 0 Å². The molecule has 116 valence electrons. The molecule has 0 fully saturated rings. The highest BCUT2D eigenvalue weighted by Gasteiger charge is 2.19. The molecule has 2 aromatic rings. The lowest BCUT2D eigenvalue weighted by Gasteiger charge is -2.25. The van der Waals surface area contributed by atoms with Gasteiger partial charge in [0.05, 0.1) is 0 Å². The van der Waals surface area contributed by atoms with Crippen LogP contribution in [0.2, 0.25) is 0 Å². The molecule has 1 atom stereocenters. The topological polar surface area (TPSA) is 72.0 Å². The number of nitrogens with zero attached hydrogens (tertiary/aromatic N) is 3. The van der Waals surface area contributed by atoms with E-state index in [1.54, 1.807) is 18.6 Å². The second kappa shape index (κ2) is 7.70. The molecule has 1 aliphatic heterocycles. The SMILES string of the molecule is c1cnc(NCCCNCC2CCc3cccnc3O2)nc1. The first kappa shape index (κ1) is 14.7. The minimum atomic E-state index is 0.216. The summed E-state index contributed by atoms with van der Waals surface area (Å²) in [6.07, 6.45) is 8.57. The average molecular weight is 299 g/mol. The fourth-order valence-corrected chi connectivity index (χ4v) is 2.46. The van der Waals surface area contributed by atoms with E-state index in [9.17, 15) is 0 Å². The van der Waals surface area contributed by atoms with Crippen LogP contribution in [0.1, 0.15) is 18.4 Å². The predicted molar refractivity (Wildman–Crippen MR) is 85.0 cm³/mol. The molecule has 1 unspecified atom stereocenters. The summed E-state index contributed by atoms with van der Waals surface area (Å²) < 4.78 is 5.90. The third-order valence-corrected chi connectivity index (χ3v) is 3.62. The molecule has 0 saturated heterocycles. The highest BCUT2D eigenvalue weighted by Crippen LogP contribution is 2.24. The summed E-state index contributed by atoms with van der Waals surface area (Å²) in [4.78, 5) is 12.5. The third kappa shape index (κ3) is 4.14. The zero-order valence-corrected chi connectivity index (χ0v) is 12.5. The second-order valence-electron chi connectivity index (χ2n) is 5.30.